The molecule has 0 aliphatic rings. The van der Waals surface area contributed by atoms with Crippen LogP contribution in [0, 0.1) is 0 Å². The van der Waals surface area contributed by atoms with Gasteiger partial charge in [0.2, 0.25) is 0 Å². The summed E-state index contributed by atoms with van der Waals surface area (Å²) in [5.41, 5.74) is 0.387. The zero-order valence-corrected chi connectivity index (χ0v) is 16.9. The predicted molar refractivity (Wildman–Crippen MR) is 103 cm³/mol. The maximum atomic E-state index is 12.6. The zero-order valence-electron chi connectivity index (χ0n) is 14.6. The molecule has 0 aromatic heterocycles. The van der Waals surface area contributed by atoms with Gasteiger partial charge in [0.15, 0.2) is 5.96 Å². The normalized spacial score (nSPS) is 11.3. The second kappa shape index (κ2) is 13.7. The van der Waals surface area contributed by atoms with Gasteiger partial charge < -0.3 is 20.1 Å². The Kier molecular flexibility index (Phi) is 12.9. The number of rotatable bonds is 10. The van der Waals surface area contributed by atoms with Crippen molar-refractivity contribution in [1.29, 1.82) is 0 Å². The van der Waals surface area contributed by atoms with Gasteiger partial charge in [-0.15, -0.1) is 24.0 Å². The van der Waals surface area contributed by atoms with Crippen molar-refractivity contribution < 1.29 is 27.0 Å². The van der Waals surface area contributed by atoms with E-state index in [0.29, 0.717) is 24.5 Å². The van der Waals surface area contributed by atoms with Crippen molar-refractivity contribution in [2.24, 2.45) is 4.99 Å². The van der Waals surface area contributed by atoms with E-state index in [1.54, 1.807) is 19.1 Å². The van der Waals surface area contributed by atoms with Crippen LogP contribution in [0.4, 0.5) is 17.6 Å². The van der Waals surface area contributed by atoms with Crippen LogP contribution in [0.2, 0.25) is 0 Å². The average molecular weight is 493 g/mol. The number of alkyl halides is 4. The topological polar surface area (TPSA) is 54.9 Å². The van der Waals surface area contributed by atoms with E-state index in [9.17, 15) is 17.6 Å². The van der Waals surface area contributed by atoms with Gasteiger partial charge in [0.1, 0.15) is 11.5 Å². The van der Waals surface area contributed by atoms with E-state index in [4.69, 9.17) is 4.74 Å². The minimum atomic E-state index is -2.99. The molecule has 2 N–H and O–H groups in total. The third kappa shape index (κ3) is 9.88. The molecule has 5 nitrogen and oxygen atoms in total. The Bertz CT molecular complexity index is 548. The Labute approximate surface area is 167 Å². The van der Waals surface area contributed by atoms with Gasteiger partial charge in [0.05, 0.1) is 19.7 Å². The fourth-order valence-corrected chi connectivity index (χ4v) is 1.86. The van der Waals surface area contributed by atoms with Crippen LogP contribution in [-0.2, 0) is 6.54 Å². The summed E-state index contributed by atoms with van der Waals surface area (Å²) in [7, 11) is 0. The summed E-state index contributed by atoms with van der Waals surface area (Å²) in [4.78, 5) is 4.11. The van der Waals surface area contributed by atoms with E-state index in [0.717, 1.165) is 6.42 Å². The molecule has 26 heavy (non-hydrogen) atoms. The molecule has 150 valence electrons. The van der Waals surface area contributed by atoms with Crippen LogP contribution in [0.1, 0.15) is 25.8 Å². The first-order chi connectivity index (χ1) is 12.0. The quantitative estimate of drug-likeness (QED) is 0.224. The third-order valence-electron chi connectivity index (χ3n) is 2.90. The number of hydrogen-bond donors (Lipinski definition) is 2. The van der Waals surface area contributed by atoms with Crippen LogP contribution in [0.15, 0.2) is 23.2 Å². The highest BCUT2D eigenvalue weighted by Gasteiger charge is 2.12. The van der Waals surface area contributed by atoms with Crippen LogP contribution >= 0.6 is 24.0 Å². The Morgan fingerprint density at radius 3 is 2.46 bits per heavy atom. The zero-order chi connectivity index (χ0) is 18.7. The van der Waals surface area contributed by atoms with Gasteiger partial charge in [-0.3, -0.25) is 0 Å². The molecule has 0 saturated heterocycles. The summed E-state index contributed by atoms with van der Waals surface area (Å²) in [6, 6.07) is 4.55. The van der Waals surface area contributed by atoms with Crippen molar-refractivity contribution in [1.82, 2.24) is 10.6 Å². The Hall–Kier alpha value is -1.46. The molecule has 1 aromatic carbocycles. The van der Waals surface area contributed by atoms with Crippen LogP contribution in [0.3, 0.4) is 0 Å². The first kappa shape index (κ1) is 24.5. The fraction of sp³-hybridized carbons (Fsp3) is 0.562. The van der Waals surface area contributed by atoms with Gasteiger partial charge in [0, 0.05) is 18.2 Å². The number of ether oxygens (including phenoxy) is 2. The lowest BCUT2D eigenvalue weighted by Gasteiger charge is -2.14. The van der Waals surface area contributed by atoms with E-state index < -0.39 is 19.6 Å². The number of hydrogen-bond acceptors (Lipinski definition) is 3. The molecule has 1 rings (SSSR count). The van der Waals surface area contributed by atoms with E-state index in [1.807, 2.05) is 6.92 Å². The maximum absolute atomic E-state index is 12.6. The molecule has 0 saturated carbocycles. The molecule has 0 radical (unpaired) electrons. The Morgan fingerprint density at radius 1 is 1.15 bits per heavy atom. The van der Waals surface area contributed by atoms with Crippen molar-refractivity contribution >= 4 is 29.9 Å². The van der Waals surface area contributed by atoms with Crippen molar-refractivity contribution in [2.45, 2.75) is 39.9 Å². The summed E-state index contributed by atoms with van der Waals surface area (Å²) >= 11 is 0. The molecule has 0 amide bonds. The second-order valence-electron chi connectivity index (χ2n) is 4.96. The smallest absolute Gasteiger partial charge is 0.387 e. The number of benzene rings is 1. The van der Waals surface area contributed by atoms with Gasteiger partial charge in [-0.2, -0.15) is 8.78 Å². The average Bonchev–Trinajstić information content (AvgIpc) is 2.56. The summed E-state index contributed by atoms with van der Waals surface area (Å²) in [5.74, 6) is 0.516. The van der Waals surface area contributed by atoms with Gasteiger partial charge in [0.25, 0.3) is 6.43 Å². The number of aliphatic imine (C=N–C) groups is 1. The SMILES string of the molecule is CCCOc1ccc(CN=C(NCC)NCC(F)F)c(OC(F)F)c1.I. The molecule has 0 aliphatic heterocycles. The number of halogens is 5. The molecule has 0 fully saturated rings. The Balaban J connectivity index is 0.00000625. The number of nitrogens with one attached hydrogen (secondary N) is 2. The highest BCUT2D eigenvalue weighted by molar-refractivity contribution is 14.0. The summed E-state index contributed by atoms with van der Waals surface area (Å²) in [6.45, 7) is 1.06. The molecule has 1 aromatic rings. The third-order valence-corrected chi connectivity index (χ3v) is 2.90. The molecule has 10 heteroatoms. The Morgan fingerprint density at radius 2 is 1.88 bits per heavy atom. The van der Waals surface area contributed by atoms with Gasteiger partial charge in [-0.05, 0) is 25.5 Å². The fourth-order valence-electron chi connectivity index (χ4n) is 1.86. The van der Waals surface area contributed by atoms with Crippen LogP contribution < -0.4 is 20.1 Å². The van der Waals surface area contributed by atoms with Gasteiger partial charge >= 0.3 is 6.61 Å². The first-order valence-corrected chi connectivity index (χ1v) is 7.97. The maximum Gasteiger partial charge on any atom is 0.387 e. The molecule has 0 aliphatic carbocycles. The van der Waals surface area contributed by atoms with Gasteiger partial charge in [-0.1, -0.05) is 6.92 Å². The summed E-state index contributed by atoms with van der Waals surface area (Å²) in [5, 5.41) is 5.26. The molecule has 0 heterocycles. The lowest BCUT2D eigenvalue weighted by molar-refractivity contribution is -0.0505. The molecular formula is C16H24F4IN3O2. The second-order valence-corrected chi connectivity index (χ2v) is 4.96. The lowest BCUT2D eigenvalue weighted by Crippen LogP contribution is -2.39. The van der Waals surface area contributed by atoms with Crippen molar-refractivity contribution in [3.05, 3.63) is 23.8 Å². The first-order valence-electron chi connectivity index (χ1n) is 7.97. The van der Waals surface area contributed by atoms with E-state index in [-0.39, 0.29) is 42.2 Å². The highest BCUT2D eigenvalue weighted by atomic mass is 127. The molecule has 0 bridgehead atoms. The van der Waals surface area contributed by atoms with Crippen LogP contribution in [0.5, 0.6) is 11.5 Å². The van der Waals surface area contributed by atoms with E-state index in [1.165, 1.54) is 6.07 Å². The van der Waals surface area contributed by atoms with Crippen molar-refractivity contribution in [3.8, 4) is 11.5 Å². The van der Waals surface area contributed by atoms with Gasteiger partial charge in [-0.25, -0.2) is 13.8 Å². The molecule has 0 atom stereocenters. The lowest BCUT2D eigenvalue weighted by atomic mass is 10.2. The minimum Gasteiger partial charge on any atom is -0.493 e. The number of guanidine groups is 1. The summed E-state index contributed by atoms with van der Waals surface area (Å²) in [6.07, 6.45) is -1.75. The van der Waals surface area contributed by atoms with Crippen molar-refractivity contribution in [3.63, 3.8) is 0 Å². The van der Waals surface area contributed by atoms with Crippen molar-refractivity contribution in [2.75, 3.05) is 19.7 Å². The van der Waals surface area contributed by atoms with Crippen LogP contribution in [0.25, 0.3) is 0 Å². The highest BCUT2D eigenvalue weighted by Crippen LogP contribution is 2.27. The molecule has 0 spiro atoms. The monoisotopic (exact) mass is 493 g/mol. The number of nitrogens with zero attached hydrogens (tertiary/aromatic N) is 1. The summed E-state index contributed by atoms with van der Waals surface area (Å²) < 4.78 is 59.7. The standard InChI is InChI=1S/C16H23F4N3O2.HI/c1-3-7-24-12-6-5-11(13(8-12)25-15(19)20)9-22-16(21-4-2)23-10-14(17)18;/h5-6,8,14-15H,3-4,7,9-10H2,1-2H3,(H2,21,22,23);1H. The van der Waals surface area contributed by atoms with E-state index >= 15 is 0 Å². The van der Waals surface area contributed by atoms with Crippen LogP contribution in [-0.4, -0.2) is 38.7 Å². The molecule has 0 unspecified atom stereocenters. The van der Waals surface area contributed by atoms with E-state index in [2.05, 4.69) is 20.4 Å². The largest absolute Gasteiger partial charge is 0.493 e. The predicted octanol–water partition coefficient (Wildman–Crippen LogP) is 4.02. The minimum absolute atomic E-state index is 0. The molecular weight excluding hydrogens is 469 g/mol.